The molecule has 0 aliphatic carbocycles. The van der Waals surface area contributed by atoms with Crippen molar-refractivity contribution in [3.63, 3.8) is 0 Å². The molecule has 0 atom stereocenters. The van der Waals surface area contributed by atoms with Gasteiger partial charge in [0.2, 0.25) is 0 Å². The van der Waals surface area contributed by atoms with Crippen LogP contribution < -0.4 is 4.90 Å². The average Bonchev–Trinajstić information content (AvgIpc) is 2.38. The van der Waals surface area contributed by atoms with E-state index in [1.54, 1.807) is 11.0 Å². The van der Waals surface area contributed by atoms with Gasteiger partial charge in [-0.05, 0) is 32.0 Å². The van der Waals surface area contributed by atoms with E-state index < -0.39 is 5.97 Å². The molecule has 0 heterocycles. The zero-order valence-corrected chi connectivity index (χ0v) is 12.5. The molecule has 5 heteroatoms. The maximum Gasteiger partial charge on any atom is 0.305 e. The lowest BCUT2D eigenvalue weighted by Gasteiger charge is -2.26. The van der Waals surface area contributed by atoms with E-state index in [1.165, 1.54) is 0 Å². The van der Waals surface area contributed by atoms with Crippen molar-refractivity contribution in [2.24, 2.45) is 0 Å². The van der Waals surface area contributed by atoms with E-state index in [1.807, 2.05) is 51.0 Å². The molecule has 0 saturated heterocycles. The summed E-state index contributed by atoms with van der Waals surface area (Å²) in [4.78, 5) is 26.7. The molecule has 110 valence electrons. The second-order valence-electron chi connectivity index (χ2n) is 5.18. The van der Waals surface area contributed by atoms with Gasteiger partial charge in [0.15, 0.2) is 0 Å². The summed E-state index contributed by atoms with van der Waals surface area (Å²) >= 11 is 0. The van der Waals surface area contributed by atoms with Gasteiger partial charge in [0, 0.05) is 37.9 Å². The van der Waals surface area contributed by atoms with Crippen LogP contribution in [0.5, 0.6) is 0 Å². The van der Waals surface area contributed by atoms with Crippen LogP contribution in [0.1, 0.15) is 30.6 Å². The van der Waals surface area contributed by atoms with E-state index in [0.29, 0.717) is 5.56 Å². The fraction of sp³-hybridized carbons (Fsp3) is 0.467. The molecule has 1 rings (SSSR count). The third-order valence-electron chi connectivity index (χ3n) is 3.06. The Bertz CT molecular complexity index is 484. The summed E-state index contributed by atoms with van der Waals surface area (Å²) in [6.45, 7) is 3.99. The van der Waals surface area contributed by atoms with E-state index in [-0.39, 0.29) is 24.9 Å². The molecule has 1 N–H and O–H groups in total. The minimum atomic E-state index is -0.898. The first-order chi connectivity index (χ1) is 9.32. The largest absolute Gasteiger partial charge is 0.481 e. The number of rotatable bonds is 6. The zero-order valence-electron chi connectivity index (χ0n) is 12.5. The Balaban J connectivity index is 2.94. The first kappa shape index (κ1) is 16.0. The number of hydrogen-bond acceptors (Lipinski definition) is 3. The number of carbonyl (C=O) groups excluding carboxylic acids is 1. The Labute approximate surface area is 119 Å². The monoisotopic (exact) mass is 278 g/mol. The van der Waals surface area contributed by atoms with Crippen LogP contribution in [0.4, 0.5) is 5.69 Å². The molecule has 0 bridgehead atoms. The van der Waals surface area contributed by atoms with Crippen LogP contribution in [0.25, 0.3) is 0 Å². The van der Waals surface area contributed by atoms with Crippen molar-refractivity contribution in [1.29, 1.82) is 0 Å². The van der Waals surface area contributed by atoms with Crippen molar-refractivity contribution in [3.8, 4) is 0 Å². The lowest BCUT2D eigenvalue weighted by Crippen LogP contribution is -2.38. The zero-order chi connectivity index (χ0) is 15.3. The molecule has 0 fully saturated rings. The number of amides is 1. The molecule has 5 nitrogen and oxygen atoms in total. The number of carbonyl (C=O) groups is 2. The van der Waals surface area contributed by atoms with Gasteiger partial charge in [-0.15, -0.1) is 0 Å². The molecule has 0 spiro atoms. The highest BCUT2D eigenvalue weighted by molar-refractivity contribution is 5.95. The molecule has 1 amide bonds. The van der Waals surface area contributed by atoms with Crippen LogP contribution in [-0.4, -0.2) is 48.6 Å². The van der Waals surface area contributed by atoms with Gasteiger partial charge in [-0.1, -0.05) is 6.07 Å². The number of nitrogens with zero attached hydrogens (tertiary/aromatic N) is 2. The Morgan fingerprint density at radius 1 is 1.25 bits per heavy atom. The maximum atomic E-state index is 12.5. The number of hydrogen-bond donors (Lipinski definition) is 1. The normalized spacial score (nSPS) is 10.4. The molecule has 20 heavy (non-hydrogen) atoms. The van der Waals surface area contributed by atoms with Gasteiger partial charge in [0.25, 0.3) is 5.91 Å². The Kier molecular flexibility index (Phi) is 5.55. The van der Waals surface area contributed by atoms with E-state index in [0.717, 1.165) is 5.69 Å². The van der Waals surface area contributed by atoms with Crippen LogP contribution in [0.3, 0.4) is 0 Å². The second kappa shape index (κ2) is 6.93. The van der Waals surface area contributed by atoms with E-state index in [2.05, 4.69) is 0 Å². The molecule has 0 saturated carbocycles. The SMILES string of the molecule is CC(C)N(CCC(=O)O)C(=O)c1cccc(N(C)C)c1. The summed E-state index contributed by atoms with van der Waals surface area (Å²) in [5.41, 5.74) is 1.52. The standard InChI is InChI=1S/C15H22N2O3/c1-11(2)17(9-8-14(18)19)15(20)12-6-5-7-13(10-12)16(3)4/h5-7,10-11H,8-9H2,1-4H3,(H,18,19). The fourth-order valence-electron chi connectivity index (χ4n) is 1.89. The molecular formula is C15H22N2O3. The van der Waals surface area contributed by atoms with Gasteiger partial charge in [-0.3, -0.25) is 9.59 Å². The smallest absolute Gasteiger partial charge is 0.305 e. The van der Waals surface area contributed by atoms with Gasteiger partial charge in [-0.25, -0.2) is 0 Å². The van der Waals surface area contributed by atoms with Gasteiger partial charge >= 0.3 is 5.97 Å². The topological polar surface area (TPSA) is 60.9 Å². The van der Waals surface area contributed by atoms with Crippen molar-refractivity contribution in [3.05, 3.63) is 29.8 Å². The van der Waals surface area contributed by atoms with Gasteiger partial charge in [-0.2, -0.15) is 0 Å². The first-order valence-electron chi connectivity index (χ1n) is 6.63. The highest BCUT2D eigenvalue weighted by atomic mass is 16.4. The minimum absolute atomic E-state index is 0.0372. The third kappa shape index (κ3) is 4.26. The quantitative estimate of drug-likeness (QED) is 0.865. The van der Waals surface area contributed by atoms with Crippen molar-refractivity contribution in [1.82, 2.24) is 4.90 Å². The summed E-state index contributed by atoms with van der Waals surface area (Å²) in [6.07, 6.45) is -0.0444. The fourth-order valence-corrected chi connectivity index (χ4v) is 1.89. The summed E-state index contributed by atoms with van der Waals surface area (Å²) in [6, 6.07) is 7.29. The van der Waals surface area contributed by atoms with Crippen molar-refractivity contribution in [2.45, 2.75) is 26.3 Å². The predicted octanol–water partition coefficient (Wildman–Crippen LogP) is 2.08. The maximum absolute atomic E-state index is 12.5. The van der Waals surface area contributed by atoms with Gasteiger partial charge in [0.05, 0.1) is 6.42 Å². The Morgan fingerprint density at radius 2 is 1.90 bits per heavy atom. The molecule has 0 unspecified atom stereocenters. The van der Waals surface area contributed by atoms with Crippen LogP contribution in [0.15, 0.2) is 24.3 Å². The Hall–Kier alpha value is -2.04. The molecular weight excluding hydrogens is 256 g/mol. The van der Waals surface area contributed by atoms with Gasteiger partial charge in [0.1, 0.15) is 0 Å². The van der Waals surface area contributed by atoms with E-state index >= 15 is 0 Å². The van der Waals surface area contributed by atoms with Crippen LogP contribution in [0, 0.1) is 0 Å². The predicted molar refractivity (Wildman–Crippen MR) is 79.2 cm³/mol. The molecule has 0 aromatic heterocycles. The third-order valence-corrected chi connectivity index (χ3v) is 3.06. The van der Waals surface area contributed by atoms with Crippen molar-refractivity contribution < 1.29 is 14.7 Å². The van der Waals surface area contributed by atoms with E-state index in [9.17, 15) is 9.59 Å². The summed E-state index contributed by atoms with van der Waals surface area (Å²) in [7, 11) is 3.82. The number of carboxylic acid groups (broad SMARTS) is 1. The minimum Gasteiger partial charge on any atom is -0.481 e. The number of carboxylic acids is 1. The highest BCUT2D eigenvalue weighted by Crippen LogP contribution is 2.16. The lowest BCUT2D eigenvalue weighted by atomic mass is 10.1. The Morgan fingerprint density at radius 3 is 2.40 bits per heavy atom. The lowest BCUT2D eigenvalue weighted by molar-refractivity contribution is -0.137. The molecule has 0 aliphatic rings. The van der Waals surface area contributed by atoms with Crippen LogP contribution in [-0.2, 0) is 4.79 Å². The number of anilines is 1. The molecule has 0 aliphatic heterocycles. The molecule has 0 radical (unpaired) electrons. The summed E-state index contributed by atoms with van der Waals surface area (Å²) in [5, 5.41) is 8.77. The van der Waals surface area contributed by atoms with Crippen LogP contribution >= 0.6 is 0 Å². The number of benzene rings is 1. The first-order valence-corrected chi connectivity index (χ1v) is 6.63. The average molecular weight is 278 g/mol. The number of aliphatic carboxylic acids is 1. The van der Waals surface area contributed by atoms with Crippen molar-refractivity contribution >= 4 is 17.6 Å². The highest BCUT2D eigenvalue weighted by Gasteiger charge is 2.19. The molecule has 1 aromatic rings. The van der Waals surface area contributed by atoms with Gasteiger partial charge < -0.3 is 14.9 Å². The second-order valence-corrected chi connectivity index (χ2v) is 5.18. The summed E-state index contributed by atoms with van der Waals surface area (Å²) < 4.78 is 0. The summed E-state index contributed by atoms with van der Waals surface area (Å²) in [5.74, 6) is -1.03. The van der Waals surface area contributed by atoms with Crippen LogP contribution in [0.2, 0.25) is 0 Å². The van der Waals surface area contributed by atoms with Crippen molar-refractivity contribution in [2.75, 3.05) is 25.5 Å². The van der Waals surface area contributed by atoms with E-state index in [4.69, 9.17) is 5.11 Å². The molecule has 1 aromatic carbocycles.